The number of fused-ring (bicyclic) bond motifs is 1. The maximum absolute atomic E-state index is 13.5. The third-order valence-electron chi connectivity index (χ3n) is 5.35. The lowest BCUT2D eigenvalue weighted by Crippen LogP contribution is -2.43. The Kier molecular flexibility index (Phi) is 4.76. The van der Waals surface area contributed by atoms with Crippen LogP contribution in [0.2, 0.25) is 0 Å². The molecule has 0 spiro atoms. The molecule has 2 amide bonds. The molecular weight excluding hydrogens is 351 g/mol. The van der Waals surface area contributed by atoms with Crippen molar-refractivity contribution >= 4 is 23.2 Å². The van der Waals surface area contributed by atoms with Gasteiger partial charge in [0.25, 0.3) is 5.91 Å². The molecule has 26 heavy (non-hydrogen) atoms. The second-order valence-electron chi connectivity index (χ2n) is 7.06. The van der Waals surface area contributed by atoms with Crippen LogP contribution in [0.3, 0.4) is 0 Å². The summed E-state index contributed by atoms with van der Waals surface area (Å²) < 4.78 is 13.5. The number of carbonyl (C=O) groups excluding carboxylic acids is 2. The van der Waals surface area contributed by atoms with Crippen LogP contribution in [0.25, 0.3) is 0 Å². The van der Waals surface area contributed by atoms with Gasteiger partial charge in [-0.3, -0.25) is 9.59 Å². The van der Waals surface area contributed by atoms with Crippen LogP contribution in [0, 0.1) is 11.7 Å². The van der Waals surface area contributed by atoms with E-state index in [1.54, 1.807) is 6.07 Å². The van der Waals surface area contributed by atoms with Crippen molar-refractivity contribution in [2.45, 2.75) is 31.8 Å². The third kappa shape index (κ3) is 3.38. The van der Waals surface area contributed by atoms with Gasteiger partial charge in [-0.05, 0) is 47.9 Å². The maximum Gasteiger partial charge on any atom is 0.263 e. The van der Waals surface area contributed by atoms with Gasteiger partial charge in [-0.1, -0.05) is 18.2 Å². The summed E-state index contributed by atoms with van der Waals surface area (Å²) in [4.78, 5) is 29.9. The highest BCUT2D eigenvalue weighted by Gasteiger charge is 2.42. The highest BCUT2D eigenvalue weighted by molar-refractivity contribution is 7.12. The molecule has 1 aromatic heterocycles. The minimum atomic E-state index is -0.290. The van der Waals surface area contributed by atoms with Crippen LogP contribution < -0.4 is 0 Å². The van der Waals surface area contributed by atoms with Gasteiger partial charge in [-0.25, -0.2) is 4.39 Å². The van der Waals surface area contributed by atoms with Crippen molar-refractivity contribution in [3.63, 3.8) is 0 Å². The number of thiophene rings is 1. The van der Waals surface area contributed by atoms with Crippen LogP contribution in [-0.2, 0) is 11.3 Å². The molecule has 0 aliphatic carbocycles. The molecule has 2 saturated heterocycles. The van der Waals surface area contributed by atoms with Gasteiger partial charge < -0.3 is 9.80 Å². The van der Waals surface area contributed by atoms with Crippen LogP contribution >= 0.6 is 11.3 Å². The number of likely N-dealkylation sites (tertiary alicyclic amines) is 2. The van der Waals surface area contributed by atoms with E-state index in [9.17, 15) is 14.0 Å². The fraction of sp³-hybridized carbons (Fsp3) is 0.400. The maximum atomic E-state index is 13.5. The average Bonchev–Trinajstić information content (AvgIpc) is 3.27. The Morgan fingerprint density at radius 1 is 1.23 bits per heavy atom. The molecule has 2 aliphatic rings. The first-order valence-corrected chi connectivity index (χ1v) is 9.86. The zero-order valence-electron chi connectivity index (χ0n) is 14.4. The summed E-state index contributed by atoms with van der Waals surface area (Å²) in [5.41, 5.74) is 0.794. The molecule has 2 fully saturated rings. The van der Waals surface area contributed by atoms with E-state index in [2.05, 4.69) is 0 Å². The summed E-state index contributed by atoms with van der Waals surface area (Å²) >= 11 is 1.45. The highest BCUT2D eigenvalue weighted by atomic mass is 32.1. The molecule has 6 heteroatoms. The van der Waals surface area contributed by atoms with Crippen molar-refractivity contribution in [2.24, 2.45) is 5.92 Å². The van der Waals surface area contributed by atoms with E-state index in [-0.39, 0.29) is 23.7 Å². The van der Waals surface area contributed by atoms with Crippen LogP contribution in [0.5, 0.6) is 0 Å². The lowest BCUT2D eigenvalue weighted by atomic mass is 9.98. The van der Waals surface area contributed by atoms with Gasteiger partial charge in [0.05, 0.1) is 10.9 Å². The van der Waals surface area contributed by atoms with E-state index in [4.69, 9.17) is 0 Å². The molecule has 2 aromatic rings. The van der Waals surface area contributed by atoms with E-state index in [1.807, 2.05) is 33.4 Å². The van der Waals surface area contributed by atoms with Crippen LogP contribution in [0.4, 0.5) is 4.39 Å². The number of amides is 2. The van der Waals surface area contributed by atoms with E-state index in [0.717, 1.165) is 23.3 Å². The first kappa shape index (κ1) is 17.2. The Morgan fingerprint density at radius 2 is 2.12 bits per heavy atom. The topological polar surface area (TPSA) is 40.6 Å². The SMILES string of the molecule is O=C(c1cccs1)N1C[C@H]2CCCC(=O)N(Cc3cccc(F)c3)[C@H]2C1. The van der Waals surface area contributed by atoms with E-state index in [0.29, 0.717) is 32.0 Å². The lowest BCUT2D eigenvalue weighted by molar-refractivity contribution is -0.133. The lowest BCUT2D eigenvalue weighted by Gasteiger charge is -2.30. The molecule has 0 bridgehead atoms. The fourth-order valence-corrected chi connectivity index (χ4v) is 4.79. The molecule has 4 rings (SSSR count). The van der Waals surface area contributed by atoms with E-state index in [1.165, 1.54) is 23.5 Å². The van der Waals surface area contributed by atoms with E-state index < -0.39 is 0 Å². The fourth-order valence-electron chi connectivity index (χ4n) is 4.09. The monoisotopic (exact) mass is 372 g/mol. The average molecular weight is 372 g/mol. The predicted molar refractivity (Wildman–Crippen MR) is 98.3 cm³/mol. The minimum absolute atomic E-state index is 0.0113. The minimum Gasteiger partial charge on any atom is -0.336 e. The zero-order valence-corrected chi connectivity index (χ0v) is 15.3. The third-order valence-corrected chi connectivity index (χ3v) is 6.21. The van der Waals surface area contributed by atoms with Gasteiger partial charge in [0.2, 0.25) is 5.91 Å². The van der Waals surface area contributed by atoms with Gasteiger partial charge in [0.15, 0.2) is 0 Å². The summed E-state index contributed by atoms with van der Waals surface area (Å²) in [6.07, 6.45) is 2.33. The Hall–Kier alpha value is -2.21. The quantitative estimate of drug-likeness (QED) is 0.827. The van der Waals surface area contributed by atoms with Crippen LogP contribution in [0.15, 0.2) is 41.8 Å². The highest BCUT2D eigenvalue weighted by Crippen LogP contribution is 2.32. The predicted octanol–water partition coefficient (Wildman–Crippen LogP) is 3.54. The zero-order chi connectivity index (χ0) is 18.1. The summed E-state index contributed by atoms with van der Waals surface area (Å²) in [5.74, 6) is 0.152. The van der Waals surface area contributed by atoms with Gasteiger partial charge in [-0.15, -0.1) is 11.3 Å². The molecule has 0 saturated carbocycles. The molecule has 1 aromatic carbocycles. The molecular formula is C20H21FN2O2S. The molecule has 136 valence electrons. The summed E-state index contributed by atoms with van der Waals surface area (Å²) in [6.45, 7) is 1.65. The summed E-state index contributed by atoms with van der Waals surface area (Å²) in [6, 6.07) is 10.1. The van der Waals surface area contributed by atoms with Crippen molar-refractivity contribution in [1.82, 2.24) is 9.80 Å². The number of halogens is 1. The molecule has 3 heterocycles. The second kappa shape index (κ2) is 7.19. The Labute approximate surface area is 156 Å². The van der Waals surface area contributed by atoms with Crippen molar-refractivity contribution in [2.75, 3.05) is 13.1 Å². The van der Waals surface area contributed by atoms with Crippen LogP contribution in [-0.4, -0.2) is 40.7 Å². The van der Waals surface area contributed by atoms with Crippen molar-refractivity contribution < 1.29 is 14.0 Å². The van der Waals surface area contributed by atoms with Gasteiger partial charge >= 0.3 is 0 Å². The second-order valence-corrected chi connectivity index (χ2v) is 8.01. The van der Waals surface area contributed by atoms with Gasteiger partial charge in [-0.2, -0.15) is 0 Å². The number of carbonyl (C=O) groups is 2. The molecule has 4 nitrogen and oxygen atoms in total. The van der Waals surface area contributed by atoms with E-state index >= 15 is 0 Å². The number of hydrogen-bond acceptors (Lipinski definition) is 3. The van der Waals surface area contributed by atoms with Crippen LogP contribution in [0.1, 0.15) is 34.5 Å². The number of benzene rings is 1. The Balaban J connectivity index is 1.55. The standard InChI is InChI=1S/C20H21FN2O2S/c21-16-6-1-4-14(10-16)11-23-17-13-22(20(25)18-7-3-9-26-18)12-15(17)5-2-8-19(23)24/h1,3-4,6-7,9-10,15,17H,2,5,8,11-13H2/t15-,17+/m1/s1. The number of hydrogen-bond donors (Lipinski definition) is 0. The Morgan fingerprint density at radius 3 is 2.88 bits per heavy atom. The summed E-state index contributed by atoms with van der Waals surface area (Å²) in [5, 5.41) is 1.90. The first-order valence-electron chi connectivity index (χ1n) is 8.98. The van der Waals surface area contributed by atoms with Crippen molar-refractivity contribution in [3.8, 4) is 0 Å². The molecule has 0 unspecified atom stereocenters. The number of rotatable bonds is 3. The largest absolute Gasteiger partial charge is 0.336 e. The number of nitrogens with zero attached hydrogens (tertiary/aromatic N) is 2. The smallest absolute Gasteiger partial charge is 0.263 e. The van der Waals surface area contributed by atoms with Crippen molar-refractivity contribution in [1.29, 1.82) is 0 Å². The molecule has 0 radical (unpaired) electrons. The first-order chi connectivity index (χ1) is 12.6. The van der Waals surface area contributed by atoms with Gasteiger partial charge in [0, 0.05) is 26.1 Å². The Bertz CT molecular complexity index is 808. The van der Waals surface area contributed by atoms with Gasteiger partial charge in [0.1, 0.15) is 5.82 Å². The molecule has 2 atom stereocenters. The summed E-state index contributed by atoms with van der Waals surface area (Å²) in [7, 11) is 0. The normalized spacial score (nSPS) is 23.0. The molecule has 0 N–H and O–H groups in total. The van der Waals surface area contributed by atoms with Crippen molar-refractivity contribution in [3.05, 3.63) is 58.0 Å². The molecule has 2 aliphatic heterocycles.